The van der Waals surface area contributed by atoms with Crippen molar-refractivity contribution in [2.24, 2.45) is 7.05 Å². The van der Waals surface area contributed by atoms with Crippen molar-refractivity contribution < 1.29 is 4.79 Å². The molecule has 1 aromatic heterocycles. The van der Waals surface area contributed by atoms with Crippen LogP contribution >= 0.6 is 0 Å². The van der Waals surface area contributed by atoms with Crippen LogP contribution < -0.4 is 5.32 Å². The van der Waals surface area contributed by atoms with Gasteiger partial charge in [-0.25, -0.2) is 0 Å². The van der Waals surface area contributed by atoms with Crippen molar-refractivity contribution in [2.45, 2.75) is 13.3 Å². The minimum atomic E-state index is -0.137. The normalized spacial score (nSPS) is 10.5. The predicted octanol–water partition coefficient (Wildman–Crippen LogP) is 3.30. The molecule has 0 unspecified atom stereocenters. The lowest BCUT2D eigenvalue weighted by Gasteiger charge is -2.10. The van der Waals surface area contributed by atoms with Crippen LogP contribution in [0.1, 0.15) is 22.8 Å². The van der Waals surface area contributed by atoms with E-state index in [9.17, 15) is 4.79 Å². The van der Waals surface area contributed by atoms with Gasteiger partial charge in [-0.05, 0) is 36.2 Å². The third kappa shape index (κ3) is 3.13. The van der Waals surface area contributed by atoms with Crippen molar-refractivity contribution in [1.82, 2.24) is 14.8 Å². The van der Waals surface area contributed by atoms with E-state index in [1.54, 1.807) is 6.33 Å². The van der Waals surface area contributed by atoms with Crippen molar-refractivity contribution in [3.63, 3.8) is 0 Å². The Kier molecular flexibility index (Phi) is 4.19. The monoisotopic (exact) mass is 306 g/mol. The SMILES string of the molecule is CCc1ccc(C(=O)Nc2ccccc2-c2nncn2C)cc1. The van der Waals surface area contributed by atoms with Gasteiger partial charge in [-0.2, -0.15) is 0 Å². The lowest BCUT2D eigenvalue weighted by Crippen LogP contribution is -2.13. The first-order valence-electron chi connectivity index (χ1n) is 7.52. The molecule has 5 nitrogen and oxygen atoms in total. The number of anilines is 1. The van der Waals surface area contributed by atoms with Crippen LogP contribution in [0.2, 0.25) is 0 Å². The van der Waals surface area contributed by atoms with Gasteiger partial charge in [0, 0.05) is 18.2 Å². The van der Waals surface area contributed by atoms with Gasteiger partial charge in [0.25, 0.3) is 5.91 Å². The van der Waals surface area contributed by atoms with Crippen molar-refractivity contribution in [1.29, 1.82) is 0 Å². The number of rotatable bonds is 4. The Labute approximate surface area is 135 Å². The first kappa shape index (κ1) is 15.0. The molecule has 0 radical (unpaired) electrons. The van der Waals surface area contributed by atoms with E-state index in [0.717, 1.165) is 12.0 Å². The molecule has 0 aliphatic carbocycles. The Balaban J connectivity index is 1.88. The molecule has 116 valence electrons. The second-order valence-electron chi connectivity index (χ2n) is 5.32. The standard InChI is InChI=1S/C18H18N4O/c1-3-13-8-10-14(11-9-13)18(23)20-16-7-5-4-6-15(16)17-21-19-12-22(17)2/h4-12H,3H2,1-2H3,(H,20,23). The highest BCUT2D eigenvalue weighted by Crippen LogP contribution is 2.26. The summed E-state index contributed by atoms with van der Waals surface area (Å²) in [6.45, 7) is 2.09. The molecule has 0 aliphatic rings. The van der Waals surface area contributed by atoms with Gasteiger partial charge in [0.1, 0.15) is 6.33 Å². The summed E-state index contributed by atoms with van der Waals surface area (Å²) in [6.07, 6.45) is 2.59. The molecule has 1 heterocycles. The van der Waals surface area contributed by atoms with Gasteiger partial charge in [0.15, 0.2) is 5.82 Å². The number of carbonyl (C=O) groups is 1. The zero-order valence-corrected chi connectivity index (χ0v) is 13.2. The first-order chi connectivity index (χ1) is 11.2. The van der Waals surface area contributed by atoms with Crippen LogP contribution in [-0.2, 0) is 13.5 Å². The summed E-state index contributed by atoms with van der Waals surface area (Å²) in [5, 5.41) is 11.0. The van der Waals surface area contributed by atoms with Gasteiger partial charge in [0.2, 0.25) is 0 Å². The lowest BCUT2D eigenvalue weighted by molar-refractivity contribution is 0.102. The fourth-order valence-corrected chi connectivity index (χ4v) is 2.40. The molecule has 2 aromatic carbocycles. The quantitative estimate of drug-likeness (QED) is 0.804. The topological polar surface area (TPSA) is 59.8 Å². The summed E-state index contributed by atoms with van der Waals surface area (Å²) in [7, 11) is 1.87. The molecule has 3 aromatic rings. The fraction of sp³-hybridized carbons (Fsp3) is 0.167. The number of benzene rings is 2. The van der Waals surface area contributed by atoms with Crippen LogP contribution in [0.4, 0.5) is 5.69 Å². The summed E-state index contributed by atoms with van der Waals surface area (Å²) in [4.78, 5) is 12.5. The molecular formula is C18H18N4O. The molecule has 0 spiro atoms. The van der Waals surface area contributed by atoms with E-state index >= 15 is 0 Å². The van der Waals surface area contributed by atoms with Gasteiger partial charge >= 0.3 is 0 Å². The molecule has 3 rings (SSSR count). The van der Waals surface area contributed by atoms with Crippen molar-refractivity contribution in [3.05, 3.63) is 66.0 Å². The predicted molar refractivity (Wildman–Crippen MR) is 90.2 cm³/mol. The Morgan fingerprint density at radius 1 is 1.13 bits per heavy atom. The third-order valence-corrected chi connectivity index (χ3v) is 3.75. The van der Waals surface area contributed by atoms with E-state index in [-0.39, 0.29) is 5.91 Å². The maximum Gasteiger partial charge on any atom is 0.255 e. The van der Waals surface area contributed by atoms with Crippen LogP contribution in [0.15, 0.2) is 54.9 Å². The Bertz CT molecular complexity index is 821. The minimum absolute atomic E-state index is 0.137. The summed E-state index contributed by atoms with van der Waals surface area (Å²) in [5.41, 5.74) is 3.40. The molecule has 0 fully saturated rings. The summed E-state index contributed by atoms with van der Waals surface area (Å²) >= 11 is 0. The molecule has 0 bridgehead atoms. The summed E-state index contributed by atoms with van der Waals surface area (Å²) in [5.74, 6) is 0.574. The molecule has 23 heavy (non-hydrogen) atoms. The van der Waals surface area contributed by atoms with E-state index in [1.165, 1.54) is 5.56 Å². The number of nitrogens with zero attached hydrogens (tertiary/aromatic N) is 3. The first-order valence-corrected chi connectivity index (χ1v) is 7.52. The third-order valence-electron chi connectivity index (χ3n) is 3.75. The van der Waals surface area contributed by atoms with Gasteiger partial charge < -0.3 is 9.88 Å². The van der Waals surface area contributed by atoms with Crippen LogP contribution in [0, 0.1) is 0 Å². The number of amides is 1. The van der Waals surface area contributed by atoms with E-state index in [0.29, 0.717) is 17.1 Å². The largest absolute Gasteiger partial charge is 0.321 e. The van der Waals surface area contributed by atoms with E-state index in [4.69, 9.17) is 0 Å². The maximum atomic E-state index is 12.5. The van der Waals surface area contributed by atoms with Gasteiger partial charge in [0.05, 0.1) is 5.69 Å². The molecule has 0 aliphatic heterocycles. The van der Waals surface area contributed by atoms with E-state index in [1.807, 2.05) is 60.1 Å². The molecule has 5 heteroatoms. The maximum absolute atomic E-state index is 12.5. The Morgan fingerprint density at radius 2 is 1.87 bits per heavy atom. The van der Waals surface area contributed by atoms with Crippen molar-refractivity contribution in [3.8, 4) is 11.4 Å². The number of aromatic nitrogens is 3. The smallest absolute Gasteiger partial charge is 0.255 e. The number of aryl methyl sites for hydroxylation is 2. The van der Waals surface area contributed by atoms with Crippen LogP contribution in [-0.4, -0.2) is 20.7 Å². The average Bonchev–Trinajstić information content (AvgIpc) is 3.01. The second-order valence-corrected chi connectivity index (χ2v) is 5.32. The number of nitrogens with one attached hydrogen (secondary N) is 1. The van der Waals surface area contributed by atoms with Crippen LogP contribution in [0.3, 0.4) is 0 Å². The molecular weight excluding hydrogens is 288 g/mol. The number of carbonyl (C=O) groups excluding carboxylic acids is 1. The number of para-hydroxylation sites is 1. The van der Waals surface area contributed by atoms with Gasteiger partial charge in [-0.15, -0.1) is 10.2 Å². The number of hydrogen-bond donors (Lipinski definition) is 1. The zero-order valence-electron chi connectivity index (χ0n) is 13.2. The molecule has 0 atom stereocenters. The molecule has 0 saturated carbocycles. The van der Waals surface area contributed by atoms with Gasteiger partial charge in [-0.1, -0.05) is 31.2 Å². The van der Waals surface area contributed by atoms with E-state index in [2.05, 4.69) is 22.4 Å². The molecule has 1 N–H and O–H groups in total. The summed E-state index contributed by atoms with van der Waals surface area (Å²) in [6, 6.07) is 15.2. The Morgan fingerprint density at radius 3 is 2.52 bits per heavy atom. The summed E-state index contributed by atoms with van der Waals surface area (Å²) < 4.78 is 1.82. The van der Waals surface area contributed by atoms with Crippen LogP contribution in [0.5, 0.6) is 0 Å². The zero-order chi connectivity index (χ0) is 16.2. The van der Waals surface area contributed by atoms with Crippen molar-refractivity contribution >= 4 is 11.6 Å². The van der Waals surface area contributed by atoms with Gasteiger partial charge in [-0.3, -0.25) is 4.79 Å². The Hall–Kier alpha value is -2.95. The average molecular weight is 306 g/mol. The number of hydrogen-bond acceptors (Lipinski definition) is 3. The van der Waals surface area contributed by atoms with Crippen molar-refractivity contribution in [2.75, 3.05) is 5.32 Å². The highest BCUT2D eigenvalue weighted by molar-refractivity contribution is 6.06. The second kappa shape index (κ2) is 6.44. The lowest BCUT2D eigenvalue weighted by atomic mass is 10.1. The molecule has 1 amide bonds. The fourth-order valence-electron chi connectivity index (χ4n) is 2.40. The van der Waals surface area contributed by atoms with Crippen LogP contribution in [0.25, 0.3) is 11.4 Å². The van der Waals surface area contributed by atoms with E-state index < -0.39 is 0 Å². The molecule has 0 saturated heterocycles. The highest BCUT2D eigenvalue weighted by atomic mass is 16.1. The highest BCUT2D eigenvalue weighted by Gasteiger charge is 2.13. The minimum Gasteiger partial charge on any atom is -0.321 e.